The van der Waals surface area contributed by atoms with Gasteiger partial charge in [-0.1, -0.05) is 39.0 Å². The van der Waals surface area contributed by atoms with Crippen LogP contribution < -0.4 is 10.6 Å². The second-order valence-electron chi connectivity index (χ2n) is 5.86. The van der Waals surface area contributed by atoms with Crippen molar-refractivity contribution in [3.05, 3.63) is 47.3 Å². The lowest BCUT2D eigenvalue weighted by atomic mass is 10.0. The van der Waals surface area contributed by atoms with E-state index in [2.05, 4.69) is 48.3 Å². The fourth-order valence-electron chi connectivity index (χ4n) is 2.43. The van der Waals surface area contributed by atoms with E-state index >= 15 is 0 Å². The number of carbonyl (C=O) groups is 1. The molecule has 0 aliphatic carbocycles. The molecule has 2 rings (SSSR count). The van der Waals surface area contributed by atoms with E-state index in [0.29, 0.717) is 17.6 Å². The number of amides is 1. The lowest BCUT2D eigenvalue weighted by Gasteiger charge is -2.14. The maximum absolute atomic E-state index is 12.5. The van der Waals surface area contributed by atoms with Gasteiger partial charge in [0, 0.05) is 24.1 Å². The number of aryl methyl sites for hydroxylation is 2. The van der Waals surface area contributed by atoms with Gasteiger partial charge in [0.05, 0.1) is 5.56 Å². The van der Waals surface area contributed by atoms with Crippen molar-refractivity contribution in [1.29, 1.82) is 0 Å². The first-order valence-electron chi connectivity index (χ1n) is 8.59. The number of rotatable bonds is 7. The van der Waals surface area contributed by atoms with Crippen molar-refractivity contribution < 1.29 is 4.79 Å². The van der Waals surface area contributed by atoms with Gasteiger partial charge in [-0.15, -0.1) is 0 Å². The van der Waals surface area contributed by atoms with Crippen LogP contribution in [0.4, 0.5) is 11.6 Å². The molecule has 1 unspecified atom stereocenters. The Balaban J connectivity index is 2.16. The molecule has 1 heterocycles. The largest absolute Gasteiger partial charge is 0.352 e. The summed E-state index contributed by atoms with van der Waals surface area (Å²) in [7, 11) is 0. The molecule has 0 aliphatic rings. The summed E-state index contributed by atoms with van der Waals surface area (Å²) in [4.78, 5) is 21.0. The molecule has 1 aromatic carbocycles. The van der Waals surface area contributed by atoms with Gasteiger partial charge in [-0.05, 0) is 37.3 Å². The van der Waals surface area contributed by atoms with Crippen LogP contribution >= 0.6 is 0 Å². The highest BCUT2D eigenvalue weighted by Crippen LogP contribution is 2.23. The molecule has 0 radical (unpaired) electrons. The molecule has 1 atom stereocenters. The number of hydrogen-bond donors (Lipinski definition) is 2. The minimum atomic E-state index is -0.180. The third kappa shape index (κ3) is 4.31. The molecule has 0 saturated heterocycles. The Morgan fingerprint density at radius 1 is 1.08 bits per heavy atom. The summed E-state index contributed by atoms with van der Waals surface area (Å²) in [5, 5.41) is 6.22. The molecule has 24 heavy (non-hydrogen) atoms. The fourth-order valence-corrected chi connectivity index (χ4v) is 2.43. The van der Waals surface area contributed by atoms with Gasteiger partial charge in [0.1, 0.15) is 0 Å². The van der Waals surface area contributed by atoms with E-state index < -0.39 is 0 Å². The summed E-state index contributed by atoms with van der Waals surface area (Å²) >= 11 is 0. The van der Waals surface area contributed by atoms with E-state index in [0.717, 1.165) is 36.1 Å². The van der Waals surface area contributed by atoms with E-state index in [4.69, 9.17) is 0 Å². The van der Waals surface area contributed by atoms with Gasteiger partial charge in [0.2, 0.25) is 5.95 Å². The molecular formula is C19H26N4O. The fraction of sp³-hybridized carbons (Fsp3) is 0.421. The third-order valence-corrected chi connectivity index (χ3v) is 4.14. The standard InChI is InChI=1S/C19H26N4O/c1-5-13(4)22-19-20-11-16(12-21-19)18(24)23-17-14(6-2)9-8-10-15(17)7-3/h8-13H,5-7H2,1-4H3,(H,23,24)(H,20,21,22). The predicted molar refractivity (Wildman–Crippen MR) is 98.6 cm³/mol. The second-order valence-corrected chi connectivity index (χ2v) is 5.86. The van der Waals surface area contributed by atoms with Crippen LogP contribution in [0.5, 0.6) is 0 Å². The number of para-hydroxylation sites is 1. The minimum absolute atomic E-state index is 0.180. The summed E-state index contributed by atoms with van der Waals surface area (Å²) in [6.45, 7) is 8.33. The summed E-state index contributed by atoms with van der Waals surface area (Å²) in [6.07, 6.45) is 5.86. The van der Waals surface area contributed by atoms with Crippen LogP contribution in [0.1, 0.15) is 55.6 Å². The Labute approximate surface area is 143 Å². The molecule has 0 bridgehead atoms. The van der Waals surface area contributed by atoms with Crippen molar-refractivity contribution in [3.63, 3.8) is 0 Å². The highest BCUT2D eigenvalue weighted by atomic mass is 16.1. The molecule has 1 amide bonds. The Hall–Kier alpha value is -2.43. The number of hydrogen-bond acceptors (Lipinski definition) is 4. The number of nitrogens with zero attached hydrogens (tertiary/aromatic N) is 2. The average molecular weight is 326 g/mol. The third-order valence-electron chi connectivity index (χ3n) is 4.14. The normalized spacial score (nSPS) is 11.8. The van der Waals surface area contributed by atoms with Crippen LogP contribution in [0.15, 0.2) is 30.6 Å². The number of anilines is 2. The van der Waals surface area contributed by atoms with Crippen molar-refractivity contribution in [3.8, 4) is 0 Å². The molecule has 0 spiro atoms. The number of carbonyl (C=O) groups excluding carboxylic acids is 1. The van der Waals surface area contributed by atoms with E-state index in [9.17, 15) is 4.79 Å². The molecule has 5 nitrogen and oxygen atoms in total. The van der Waals surface area contributed by atoms with Crippen molar-refractivity contribution in [1.82, 2.24) is 9.97 Å². The molecule has 5 heteroatoms. The van der Waals surface area contributed by atoms with Crippen molar-refractivity contribution in [2.45, 2.75) is 53.0 Å². The average Bonchev–Trinajstić information content (AvgIpc) is 2.62. The zero-order valence-corrected chi connectivity index (χ0v) is 14.9. The Kier molecular flexibility index (Phi) is 6.29. The van der Waals surface area contributed by atoms with Crippen LogP contribution in [0.2, 0.25) is 0 Å². The number of nitrogens with one attached hydrogen (secondary N) is 2. The number of aromatic nitrogens is 2. The summed E-state index contributed by atoms with van der Waals surface area (Å²) < 4.78 is 0. The monoisotopic (exact) mass is 326 g/mol. The Morgan fingerprint density at radius 2 is 1.67 bits per heavy atom. The first-order valence-corrected chi connectivity index (χ1v) is 8.59. The lowest BCUT2D eigenvalue weighted by Crippen LogP contribution is -2.18. The van der Waals surface area contributed by atoms with Gasteiger partial charge in [-0.25, -0.2) is 9.97 Å². The molecule has 128 valence electrons. The van der Waals surface area contributed by atoms with Gasteiger partial charge in [-0.2, -0.15) is 0 Å². The lowest BCUT2D eigenvalue weighted by molar-refractivity contribution is 0.102. The van der Waals surface area contributed by atoms with Crippen molar-refractivity contribution in [2.24, 2.45) is 0 Å². The van der Waals surface area contributed by atoms with E-state index in [1.54, 1.807) is 12.4 Å². The minimum Gasteiger partial charge on any atom is -0.352 e. The summed E-state index contributed by atoms with van der Waals surface area (Å²) in [5.74, 6) is 0.366. The second kappa shape index (κ2) is 8.43. The molecule has 0 aliphatic heterocycles. The van der Waals surface area contributed by atoms with E-state index in [-0.39, 0.29) is 5.91 Å². The van der Waals surface area contributed by atoms with Crippen molar-refractivity contribution in [2.75, 3.05) is 10.6 Å². The van der Waals surface area contributed by atoms with E-state index in [1.165, 1.54) is 0 Å². The smallest absolute Gasteiger partial charge is 0.258 e. The van der Waals surface area contributed by atoms with Crippen LogP contribution in [0.25, 0.3) is 0 Å². The van der Waals surface area contributed by atoms with Gasteiger partial charge in [0.15, 0.2) is 0 Å². The van der Waals surface area contributed by atoms with Crippen LogP contribution in [0, 0.1) is 0 Å². The van der Waals surface area contributed by atoms with Crippen molar-refractivity contribution >= 4 is 17.5 Å². The zero-order chi connectivity index (χ0) is 17.5. The topological polar surface area (TPSA) is 66.9 Å². The quantitative estimate of drug-likeness (QED) is 0.805. The van der Waals surface area contributed by atoms with Crippen LogP contribution in [-0.2, 0) is 12.8 Å². The highest BCUT2D eigenvalue weighted by molar-refractivity contribution is 6.04. The maximum Gasteiger partial charge on any atom is 0.258 e. The number of benzene rings is 1. The maximum atomic E-state index is 12.5. The molecule has 0 fully saturated rings. The zero-order valence-electron chi connectivity index (χ0n) is 14.9. The predicted octanol–water partition coefficient (Wildman–Crippen LogP) is 4.06. The van der Waals surface area contributed by atoms with Gasteiger partial charge >= 0.3 is 0 Å². The summed E-state index contributed by atoms with van der Waals surface area (Å²) in [5.41, 5.74) is 3.64. The van der Waals surface area contributed by atoms with Gasteiger partial charge in [0.25, 0.3) is 5.91 Å². The Bertz CT molecular complexity index is 660. The molecule has 2 aromatic rings. The molecular weight excluding hydrogens is 300 g/mol. The SMILES string of the molecule is CCc1cccc(CC)c1NC(=O)c1cnc(NC(C)CC)nc1. The first-order chi connectivity index (χ1) is 11.6. The Morgan fingerprint density at radius 3 is 2.17 bits per heavy atom. The van der Waals surface area contributed by atoms with E-state index in [1.807, 2.05) is 18.2 Å². The molecule has 1 aromatic heterocycles. The van der Waals surface area contributed by atoms with Crippen LogP contribution in [0.3, 0.4) is 0 Å². The summed E-state index contributed by atoms with van der Waals surface area (Å²) in [6, 6.07) is 6.42. The van der Waals surface area contributed by atoms with Gasteiger partial charge < -0.3 is 10.6 Å². The van der Waals surface area contributed by atoms with Gasteiger partial charge in [-0.3, -0.25) is 4.79 Å². The molecule has 2 N–H and O–H groups in total. The van der Waals surface area contributed by atoms with Crippen LogP contribution in [-0.4, -0.2) is 21.9 Å². The molecule has 0 saturated carbocycles. The highest BCUT2D eigenvalue weighted by Gasteiger charge is 2.13. The first kappa shape index (κ1) is 17.9.